The lowest BCUT2D eigenvalue weighted by atomic mass is 10.2. The molecule has 1 aromatic heterocycles. The number of halogens is 3. The molecule has 2 heterocycles. The number of carbonyl (C=O) groups is 1. The van der Waals surface area contributed by atoms with Crippen LogP contribution in [-0.4, -0.2) is 57.6 Å². The minimum atomic E-state index is -4.63. The molecule has 4 rings (SSSR count). The summed E-state index contributed by atoms with van der Waals surface area (Å²) in [7, 11) is 0. The zero-order valence-electron chi connectivity index (χ0n) is 18.0. The topological polar surface area (TPSA) is 67.5 Å². The third-order valence-electron chi connectivity index (χ3n) is 5.95. The highest BCUT2D eigenvalue weighted by molar-refractivity contribution is 5.82. The van der Waals surface area contributed by atoms with E-state index in [2.05, 4.69) is 4.90 Å². The average Bonchev–Trinajstić information content (AvgIpc) is 2.81. The Morgan fingerprint density at radius 1 is 0.970 bits per heavy atom. The number of nitrogens with zero attached hydrogens (tertiary/aromatic N) is 4. The highest BCUT2D eigenvalue weighted by atomic mass is 19.4. The molecule has 1 aliphatic rings. The van der Waals surface area contributed by atoms with Gasteiger partial charge in [-0.3, -0.25) is 14.2 Å². The van der Waals surface area contributed by atoms with E-state index in [0.717, 1.165) is 42.4 Å². The maximum Gasteiger partial charge on any atom is 0.416 e. The summed E-state index contributed by atoms with van der Waals surface area (Å²) in [4.78, 5) is 43.3. The van der Waals surface area contributed by atoms with Crippen LogP contribution in [0.4, 0.5) is 13.2 Å². The van der Waals surface area contributed by atoms with E-state index < -0.39 is 23.0 Å². The van der Waals surface area contributed by atoms with Gasteiger partial charge in [-0.05, 0) is 36.9 Å². The molecular weight excluding hydrogens is 437 g/mol. The molecule has 0 atom stereocenters. The van der Waals surface area contributed by atoms with Crippen molar-refractivity contribution in [3.63, 3.8) is 0 Å². The number of hydrogen-bond acceptors (Lipinski definition) is 4. The second-order valence-electron chi connectivity index (χ2n) is 7.89. The van der Waals surface area contributed by atoms with Crippen LogP contribution < -0.4 is 11.2 Å². The van der Waals surface area contributed by atoms with Crippen molar-refractivity contribution < 1.29 is 18.0 Å². The van der Waals surface area contributed by atoms with Crippen molar-refractivity contribution in [3.05, 3.63) is 74.9 Å². The third-order valence-corrected chi connectivity index (χ3v) is 5.95. The number of benzene rings is 2. The molecule has 33 heavy (non-hydrogen) atoms. The van der Waals surface area contributed by atoms with Crippen LogP contribution in [0.25, 0.3) is 16.6 Å². The number of para-hydroxylation sites is 1. The molecule has 2 aromatic carbocycles. The summed E-state index contributed by atoms with van der Waals surface area (Å²) in [6.45, 7) is 5.10. The summed E-state index contributed by atoms with van der Waals surface area (Å²) in [6.07, 6.45) is -4.63. The molecule has 1 saturated heterocycles. The second kappa shape index (κ2) is 8.86. The van der Waals surface area contributed by atoms with Crippen molar-refractivity contribution in [2.24, 2.45) is 0 Å². The van der Waals surface area contributed by atoms with E-state index in [1.807, 2.05) is 6.92 Å². The number of likely N-dealkylation sites (N-methyl/N-ethyl adjacent to an activating group) is 1. The van der Waals surface area contributed by atoms with Gasteiger partial charge in [0.2, 0.25) is 5.91 Å². The van der Waals surface area contributed by atoms with Crippen LogP contribution in [0.5, 0.6) is 0 Å². The highest BCUT2D eigenvalue weighted by Crippen LogP contribution is 2.30. The SMILES string of the molecule is CCN1CCN(C(=O)Cn2c(=O)n(-c3cccc(C(F)(F)F)c3)c(=O)c3ccccc32)CC1. The molecule has 1 fully saturated rings. The van der Waals surface area contributed by atoms with Crippen LogP contribution in [0.3, 0.4) is 0 Å². The zero-order valence-corrected chi connectivity index (χ0v) is 18.0. The minimum absolute atomic E-state index is 0.137. The van der Waals surface area contributed by atoms with Crippen LogP contribution in [0.1, 0.15) is 12.5 Å². The monoisotopic (exact) mass is 460 g/mol. The number of hydrogen-bond donors (Lipinski definition) is 0. The molecular formula is C23H23F3N4O3. The quantitative estimate of drug-likeness (QED) is 0.600. The van der Waals surface area contributed by atoms with E-state index in [4.69, 9.17) is 0 Å². The van der Waals surface area contributed by atoms with Crippen molar-refractivity contribution in [1.82, 2.24) is 18.9 Å². The summed E-state index contributed by atoms with van der Waals surface area (Å²) < 4.78 is 41.5. The summed E-state index contributed by atoms with van der Waals surface area (Å²) in [5.74, 6) is -0.285. The van der Waals surface area contributed by atoms with Crippen LogP contribution in [0, 0.1) is 0 Å². The van der Waals surface area contributed by atoms with E-state index in [-0.39, 0.29) is 29.0 Å². The van der Waals surface area contributed by atoms with Gasteiger partial charge in [0.05, 0.1) is 22.2 Å². The van der Waals surface area contributed by atoms with Gasteiger partial charge >= 0.3 is 11.9 Å². The first kappa shape index (κ1) is 22.8. The molecule has 7 nitrogen and oxygen atoms in total. The Hall–Kier alpha value is -3.40. The minimum Gasteiger partial charge on any atom is -0.339 e. The van der Waals surface area contributed by atoms with Gasteiger partial charge in [-0.25, -0.2) is 9.36 Å². The Balaban J connectivity index is 1.81. The van der Waals surface area contributed by atoms with Gasteiger partial charge in [-0.2, -0.15) is 13.2 Å². The van der Waals surface area contributed by atoms with Crippen LogP contribution in [0.15, 0.2) is 58.1 Å². The number of amides is 1. The molecule has 0 radical (unpaired) electrons. The summed E-state index contributed by atoms with van der Waals surface area (Å²) in [6, 6.07) is 10.3. The number of carbonyl (C=O) groups excluding carboxylic acids is 1. The normalized spacial score (nSPS) is 15.2. The van der Waals surface area contributed by atoms with Crippen molar-refractivity contribution in [3.8, 4) is 5.69 Å². The van der Waals surface area contributed by atoms with Gasteiger partial charge in [-0.1, -0.05) is 25.1 Å². The molecule has 0 saturated carbocycles. The van der Waals surface area contributed by atoms with Gasteiger partial charge in [-0.15, -0.1) is 0 Å². The lowest BCUT2D eigenvalue weighted by Crippen LogP contribution is -2.50. The average molecular weight is 460 g/mol. The second-order valence-corrected chi connectivity index (χ2v) is 7.89. The first-order valence-electron chi connectivity index (χ1n) is 10.6. The Kier molecular flexibility index (Phi) is 6.11. The van der Waals surface area contributed by atoms with Gasteiger partial charge in [0.25, 0.3) is 5.56 Å². The van der Waals surface area contributed by atoms with Crippen molar-refractivity contribution in [2.45, 2.75) is 19.6 Å². The molecule has 1 aliphatic heterocycles. The maximum atomic E-state index is 13.3. The summed E-state index contributed by atoms with van der Waals surface area (Å²) in [5, 5.41) is 0.137. The van der Waals surface area contributed by atoms with E-state index in [9.17, 15) is 27.6 Å². The fourth-order valence-corrected chi connectivity index (χ4v) is 4.07. The first-order valence-corrected chi connectivity index (χ1v) is 10.6. The van der Waals surface area contributed by atoms with Crippen molar-refractivity contribution in [2.75, 3.05) is 32.7 Å². The number of piperazine rings is 1. The third kappa shape index (κ3) is 4.43. The highest BCUT2D eigenvalue weighted by Gasteiger charge is 2.31. The van der Waals surface area contributed by atoms with Gasteiger partial charge in [0.1, 0.15) is 6.54 Å². The zero-order chi connectivity index (χ0) is 23.8. The van der Waals surface area contributed by atoms with E-state index >= 15 is 0 Å². The van der Waals surface area contributed by atoms with Crippen molar-refractivity contribution in [1.29, 1.82) is 0 Å². The standard InChI is InChI=1S/C23H23F3N4O3/c1-2-27-10-12-28(13-11-27)20(31)15-29-19-9-4-3-8-18(19)21(32)30(22(29)33)17-7-5-6-16(14-17)23(24,25)26/h3-9,14H,2,10-13,15H2,1H3. The molecule has 0 spiro atoms. The molecule has 1 amide bonds. The van der Waals surface area contributed by atoms with Crippen LogP contribution in [-0.2, 0) is 17.5 Å². The van der Waals surface area contributed by atoms with E-state index in [1.165, 1.54) is 12.1 Å². The summed E-state index contributed by atoms with van der Waals surface area (Å²) >= 11 is 0. The number of aromatic nitrogens is 2. The fourth-order valence-electron chi connectivity index (χ4n) is 4.07. The Bertz CT molecular complexity index is 1300. The van der Waals surface area contributed by atoms with Crippen molar-refractivity contribution >= 4 is 16.8 Å². The largest absolute Gasteiger partial charge is 0.416 e. The molecule has 0 N–H and O–H groups in total. The first-order chi connectivity index (χ1) is 15.7. The molecule has 0 bridgehead atoms. The smallest absolute Gasteiger partial charge is 0.339 e. The van der Waals surface area contributed by atoms with Gasteiger partial charge < -0.3 is 9.80 Å². The van der Waals surface area contributed by atoms with Crippen LogP contribution in [0.2, 0.25) is 0 Å². The Morgan fingerprint density at radius 3 is 2.33 bits per heavy atom. The van der Waals surface area contributed by atoms with E-state index in [1.54, 1.807) is 23.1 Å². The predicted octanol–water partition coefficient (Wildman–Crippen LogP) is 2.34. The number of fused-ring (bicyclic) bond motifs is 1. The lowest BCUT2D eigenvalue weighted by molar-refractivity contribution is -0.137. The number of rotatable bonds is 4. The molecule has 0 aliphatic carbocycles. The van der Waals surface area contributed by atoms with Gasteiger partial charge in [0.15, 0.2) is 0 Å². The number of alkyl halides is 3. The fraction of sp³-hybridized carbons (Fsp3) is 0.348. The molecule has 3 aromatic rings. The van der Waals surface area contributed by atoms with Gasteiger partial charge in [0, 0.05) is 26.2 Å². The summed E-state index contributed by atoms with van der Waals surface area (Å²) in [5.41, 5.74) is -2.52. The Labute approximate surface area is 187 Å². The van der Waals surface area contributed by atoms with Crippen LogP contribution >= 0.6 is 0 Å². The lowest BCUT2D eigenvalue weighted by Gasteiger charge is -2.34. The van der Waals surface area contributed by atoms with E-state index in [0.29, 0.717) is 17.7 Å². The molecule has 0 unspecified atom stereocenters. The molecule has 10 heteroatoms. The maximum absolute atomic E-state index is 13.3. The Morgan fingerprint density at radius 2 is 1.67 bits per heavy atom. The predicted molar refractivity (Wildman–Crippen MR) is 118 cm³/mol. The molecule has 174 valence electrons.